The lowest BCUT2D eigenvalue weighted by Crippen LogP contribution is -2.50. The second kappa shape index (κ2) is 13.2. The van der Waals surface area contributed by atoms with Crippen molar-refractivity contribution in [3.05, 3.63) is 71.3 Å². The molecule has 0 unspecified atom stereocenters. The van der Waals surface area contributed by atoms with E-state index in [0.29, 0.717) is 10.4 Å². The third-order valence-corrected chi connectivity index (χ3v) is 8.51. The van der Waals surface area contributed by atoms with Crippen LogP contribution in [0.4, 0.5) is 45.0 Å². The summed E-state index contributed by atoms with van der Waals surface area (Å²) in [7, 11) is 2.00. The van der Waals surface area contributed by atoms with Gasteiger partial charge in [0.15, 0.2) is 5.82 Å². The summed E-state index contributed by atoms with van der Waals surface area (Å²) in [5, 5.41) is 12.3. The number of likely N-dealkylation sites (tertiary alicyclic amines) is 1. The number of nitrogens with zero attached hydrogens (tertiary/aromatic N) is 4. The molecule has 2 saturated heterocycles. The van der Waals surface area contributed by atoms with Crippen molar-refractivity contribution in [2.24, 2.45) is 0 Å². The van der Waals surface area contributed by atoms with Crippen LogP contribution < -0.4 is 15.5 Å². The van der Waals surface area contributed by atoms with E-state index in [-0.39, 0.29) is 66.1 Å². The number of rotatable bonds is 7. The predicted molar refractivity (Wildman–Crippen MR) is 165 cm³/mol. The molecule has 248 valence electrons. The molecule has 2 aliphatic rings. The summed E-state index contributed by atoms with van der Waals surface area (Å²) >= 11 is 0. The van der Waals surface area contributed by atoms with Crippen molar-refractivity contribution >= 4 is 45.9 Å². The first-order valence-electron chi connectivity index (χ1n) is 15.2. The van der Waals surface area contributed by atoms with Gasteiger partial charge in [-0.25, -0.2) is 13.8 Å². The van der Waals surface area contributed by atoms with Gasteiger partial charge >= 0.3 is 12.1 Å². The molecule has 2 aromatic heterocycles. The molecular formula is C32H32F5N7O3. The van der Waals surface area contributed by atoms with E-state index in [9.17, 15) is 31.5 Å². The molecule has 0 aliphatic carbocycles. The lowest BCUT2D eigenvalue weighted by Gasteiger charge is -2.36. The van der Waals surface area contributed by atoms with Gasteiger partial charge in [0.05, 0.1) is 16.8 Å². The Bertz CT molecular complexity index is 1760. The number of hydrogen-bond donors (Lipinski definition) is 3. The zero-order valence-corrected chi connectivity index (χ0v) is 25.3. The molecule has 2 fully saturated rings. The number of aromatic amines is 1. The Hall–Kier alpha value is -4.63. The minimum Gasteiger partial charge on any atom is -0.381 e. The third-order valence-electron chi connectivity index (χ3n) is 8.51. The van der Waals surface area contributed by atoms with Gasteiger partial charge in [-0.2, -0.15) is 18.3 Å². The van der Waals surface area contributed by atoms with Crippen molar-refractivity contribution < 1.29 is 36.3 Å². The maximum absolute atomic E-state index is 14.1. The zero-order valence-electron chi connectivity index (χ0n) is 25.3. The van der Waals surface area contributed by atoms with Gasteiger partial charge in [-0.1, -0.05) is 6.07 Å². The van der Waals surface area contributed by atoms with Gasteiger partial charge in [-0.05, 0) is 93.7 Å². The number of halogens is 5. The van der Waals surface area contributed by atoms with Gasteiger partial charge in [-0.15, -0.1) is 0 Å². The van der Waals surface area contributed by atoms with Crippen LogP contribution in [-0.2, 0) is 9.53 Å². The summed E-state index contributed by atoms with van der Waals surface area (Å²) in [4.78, 5) is 34.2. The highest BCUT2D eigenvalue weighted by atomic mass is 19.4. The number of pyridine rings is 1. The Labute approximate surface area is 266 Å². The molecule has 0 saturated carbocycles. The first-order chi connectivity index (χ1) is 22.5. The van der Waals surface area contributed by atoms with Crippen LogP contribution in [0.5, 0.6) is 0 Å². The van der Waals surface area contributed by atoms with Crippen LogP contribution in [0.2, 0.25) is 0 Å². The Morgan fingerprint density at radius 2 is 1.68 bits per heavy atom. The minimum absolute atomic E-state index is 0.0378. The number of ether oxygens (including phenoxy) is 1. The predicted octanol–water partition coefficient (Wildman–Crippen LogP) is 6.12. The highest BCUT2D eigenvalue weighted by molar-refractivity contribution is 6.13. The van der Waals surface area contributed by atoms with E-state index in [1.54, 1.807) is 12.1 Å². The van der Waals surface area contributed by atoms with Crippen LogP contribution in [0.1, 0.15) is 47.5 Å². The number of nitrogens with one attached hydrogen (secondary N) is 3. The van der Waals surface area contributed by atoms with E-state index in [0.717, 1.165) is 49.7 Å². The molecule has 6 rings (SSSR count). The van der Waals surface area contributed by atoms with E-state index in [4.69, 9.17) is 4.74 Å². The number of amides is 2. The van der Waals surface area contributed by atoms with Crippen LogP contribution >= 0.6 is 0 Å². The highest BCUT2D eigenvalue weighted by Gasteiger charge is 2.46. The van der Waals surface area contributed by atoms with Crippen molar-refractivity contribution in [3.8, 4) is 0 Å². The van der Waals surface area contributed by atoms with Crippen molar-refractivity contribution in [3.63, 3.8) is 0 Å². The smallest absolute Gasteiger partial charge is 0.381 e. The van der Waals surface area contributed by atoms with E-state index in [2.05, 4.69) is 30.7 Å². The molecule has 0 spiro atoms. The van der Waals surface area contributed by atoms with E-state index < -0.39 is 35.7 Å². The number of carbonyl (C=O) groups is 2. The molecule has 2 aromatic carbocycles. The fourth-order valence-corrected chi connectivity index (χ4v) is 6.09. The summed E-state index contributed by atoms with van der Waals surface area (Å²) in [5.41, 5.74) is 1.14. The summed E-state index contributed by atoms with van der Waals surface area (Å²) in [6, 6.07) is 9.86. The highest BCUT2D eigenvalue weighted by Crippen LogP contribution is 2.37. The summed E-state index contributed by atoms with van der Waals surface area (Å²) in [6.45, 7) is 1.95. The maximum atomic E-state index is 14.1. The second-order valence-corrected chi connectivity index (χ2v) is 11.8. The Morgan fingerprint density at radius 3 is 2.36 bits per heavy atom. The minimum atomic E-state index is -5.19. The zero-order chi connectivity index (χ0) is 33.3. The molecule has 0 atom stereocenters. The number of fused-ring (bicyclic) bond motifs is 1. The number of piperidine rings is 1. The third kappa shape index (κ3) is 7.20. The van der Waals surface area contributed by atoms with Crippen LogP contribution in [0.3, 0.4) is 0 Å². The first-order valence-corrected chi connectivity index (χ1v) is 15.2. The molecule has 10 nitrogen and oxygen atoms in total. The van der Waals surface area contributed by atoms with Gasteiger partial charge in [-0.3, -0.25) is 14.7 Å². The number of alkyl halides is 3. The van der Waals surface area contributed by atoms with Crippen LogP contribution in [0.25, 0.3) is 11.0 Å². The molecule has 4 heterocycles. The molecule has 2 aliphatic heterocycles. The van der Waals surface area contributed by atoms with E-state index in [1.807, 2.05) is 7.05 Å². The van der Waals surface area contributed by atoms with Crippen molar-refractivity contribution in [1.29, 1.82) is 0 Å². The number of benzene rings is 2. The number of anilines is 4. The number of carbonyl (C=O) groups excluding carboxylic acids is 2. The monoisotopic (exact) mass is 657 g/mol. The largest absolute Gasteiger partial charge is 0.471 e. The number of hydrogen-bond acceptors (Lipinski definition) is 7. The summed E-state index contributed by atoms with van der Waals surface area (Å²) in [6.07, 6.45) is -3.31. The van der Waals surface area contributed by atoms with Crippen molar-refractivity contribution in [2.45, 2.75) is 43.8 Å². The maximum Gasteiger partial charge on any atom is 0.471 e. The van der Waals surface area contributed by atoms with Crippen LogP contribution in [0, 0.1) is 11.6 Å². The summed E-state index contributed by atoms with van der Waals surface area (Å²) in [5.74, 6) is -4.26. The fourth-order valence-electron chi connectivity index (χ4n) is 6.09. The molecule has 2 amide bonds. The SMILES string of the molecule is CN1CCC(c2ccc(C(=O)Nc3n[nH]c4ccc(Nc5cc(F)cc(F)c5)nc34)c(N(C(=O)C(F)(F)F)C3CCOCC3)c2)CC1. The summed E-state index contributed by atoms with van der Waals surface area (Å²) < 4.78 is 75.1. The molecule has 3 N–H and O–H groups in total. The molecule has 4 aromatic rings. The van der Waals surface area contributed by atoms with Gasteiger partial charge in [0.25, 0.3) is 5.91 Å². The number of H-pyrrole nitrogens is 1. The van der Waals surface area contributed by atoms with Gasteiger partial charge in [0, 0.05) is 31.0 Å². The number of aromatic nitrogens is 3. The van der Waals surface area contributed by atoms with Crippen molar-refractivity contribution in [2.75, 3.05) is 48.9 Å². The lowest BCUT2D eigenvalue weighted by molar-refractivity contribution is -0.171. The molecule has 15 heteroatoms. The second-order valence-electron chi connectivity index (χ2n) is 11.8. The van der Waals surface area contributed by atoms with E-state index >= 15 is 0 Å². The topological polar surface area (TPSA) is 115 Å². The average molecular weight is 658 g/mol. The lowest BCUT2D eigenvalue weighted by atomic mass is 9.88. The Kier molecular flexibility index (Phi) is 9.10. The molecule has 47 heavy (non-hydrogen) atoms. The standard InChI is InChI=1S/C32H32F5N7O3/c1-43-10-6-18(7-11-43)19-2-3-24(26(14-19)44(31(46)32(35,36)37)23-8-12-47-13-9-23)30(45)40-29-28-25(41-42-29)4-5-27(39-28)38-22-16-20(33)15-21(34)17-22/h2-5,14-18,23H,6-13H2,1H3,(H,38,39)(H2,40,41,42,45). The molecule has 0 bridgehead atoms. The first kappa shape index (κ1) is 32.3. The quantitative estimate of drug-likeness (QED) is 0.205. The van der Waals surface area contributed by atoms with Gasteiger partial charge in [0.2, 0.25) is 0 Å². The average Bonchev–Trinajstić information content (AvgIpc) is 3.42. The van der Waals surface area contributed by atoms with E-state index in [1.165, 1.54) is 18.2 Å². The van der Waals surface area contributed by atoms with Gasteiger partial charge in [0.1, 0.15) is 23.0 Å². The normalized spacial score (nSPS) is 16.7. The molecular weight excluding hydrogens is 625 g/mol. The van der Waals surface area contributed by atoms with Crippen LogP contribution in [0.15, 0.2) is 48.5 Å². The van der Waals surface area contributed by atoms with Gasteiger partial charge < -0.3 is 25.2 Å². The fraction of sp³-hybridized carbons (Fsp3) is 0.375. The Morgan fingerprint density at radius 1 is 0.979 bits per heavy atom. The Balaban J connectivity index is 1.36. The molecule has 0 radical (unpaired) electrons. The van der Waals surface area contributed by atoms with Crippen LogP contribution in [-0.4, -0.2) is 77.5 Å². The van der Waals surface area contributed by atoms with Crippen molar-refractivity contribution in [1.82, 2.24) is 20.1 Å².